The largest absolute Gasteiger partial charge is 0.490 e. The monoisotopic (exact) mass is 266 g/mol. The zero-order valence-electron chi connectivity index (χ0n) is 10.4. The molecule has 0 saturated heterocycles. The highest BCUT2D eigenvalue weighted by Gasteiger charge is 2.12. The zero-order chi connectivity index (χ0) is 13.0. The van der Waals surface area contributed by atoms with Gasteiger partial charge in [-0.05, 0) is 18.2 Å². The van der Waals surface area contributed by atoms with E-state index in [1.165, 1.54) is 0 Å². The van der Waals surface area contributed by atoms with E-state index in [1.807, 2.05) is 18.2 Å². The first kappa shape index (κ1) is 13.1. The fourth-order valence-electron chi connectivity index (χ4n) is 1.80. The molecule has 4 nitrogen and oxygen atoms in total. The van der Waals surface area contributed by atoms with Crippen LogP contribution in [0, 0.1) is 5.41 Å². The molecule has 0 aromatic heterocycles. The molecule has 0 aliphatic carbocycles. The molecule has 1 atom stereocenters. The zero-order valence-corrected chi connectivity index (χ0v) is 11.3. The molecule has 1 aromatic carbocycles. The molecule has 0 amide bonds. The molecule has 1 unspecified atom stereocenters. The van der Waals surface area contributed by atoms with Crippen LogP contribution in [-0.4, -0.2) is 24.3 Å². The van der Waals surface area contributed by atoms with Crippen molar-refractivity contribution in [2.24, 2.45) is 5.73 Å². The summed E-state index contributed by atoms with van der Waals surface area (Å²) in [7, 11) is 0. The van der Waals surface area contributed by atoms with E-state index in [1.54, 1.807) is 11.8 Å². The smallest absolute Gasteiger partial charge is 0.162 e. The van der Waals surface area contributed by atoms with Crippen molar-refractivity contribution in [1.82, 2.24) is 0 Å². The lowest BCUT2D eigenvalue weighted by molar-refractivity contribution is 0.297. The molecule has 0 fully saturated rings. The lowest BCUT2D eigenvalue weighted by Gasteiger charge is -2.12. The molecule has 0 bridgehead atoms. The van der Waals surface area contributed by atoms with Crippen molar-refractivity contribution < 1.29 is 9.47 Å². The Hall–Kier alpha value is -1.36. The molecule has 0 radical (unpaired) electrons. The lowest BCUT2D eigenvalue weighted by atomic mass is 10.3. The Kier molecular flexibility index (Phi) is 4.36. The maximum absolute atomic E-state index is 7.29. The summed E-state index contributed by atoms with van der Waals surface area (Å²) < 4.78 is 11.2. The van der Waals surface area contributed by atoms with Crippen molar-refractivity contribution >= 4 is 17.6 Å². The highest BCUT2D eigenvalue weighted by atomic mass is 32.2. The summed E-state index contributed by atoms with van der Waals surface area (Å²) in [5, 5.41) is 7.58. The third-order valence-electron chi connectivity index (χ3n) is 2.56. The van der Waals surface area contributed by atoms with Crippen LogP contribution in [0.5, 0.6) is 11.5 Å². The van der Waals surface area contributed by atoms with Crippen molar-refractivity contribution in [2.45, 2.75) is 29.9 Å². The van der Waals surface area contributed by atoms with Gasteiger partial charge in [0.25, 0.3) is 0 Å². The average molecular weight is 266 g/mol. The van der Waals surface area contributed by atoms with E-state index in [0.29, 0.717) is 19.6 Å². The first-order valence-corrected chi connectivity index (χ1v) is 6.92. The summed E-state index contributed by atoms with van der Waals surface area (Å²) in [5.41, 5.74) is 5.40. The fraction of sp³-hybridized carbons (Fsp3) is 0.462. The van der Waals surface area contributed by atoms with Crippen LogP contribution in [-0.2, 0) is 0 Å². The summed E-state index contributed by atoms with van der Waals surface area (Å²) >= 11 is 1.70. The van der Waals surface area contributed by atoms with Gasteiger partial charge in [0.15, 0.2) is 11.5 Å². The Bertz CT molecular complexity index is 437. The Morgan fingerprint density at radius 2 is 2.11 bits per heavy atom. The average Bonchev–Trinajstić information content (AvgIpc) is 2.52. The number of amidine groups is 1. The predicted molar refractivity (Wildman–Crippen MR) is 73.9 cm³/mol. The summed E-state index contributed by atoms with van der Waals surface area (Å²) in [6.45, 7) is 3.47. The minimum absolute atomic E-state index is 0.226. The second-order valence-corrected chi connectivity index (χ2v) is 5.83. The number of nitrogens with two attached hydrogens (primary N) is 1. The number of benzene rings is 1. The molecule has 18 heavy (non-hydrogen) atoms. The number of thioether (sulfide) groups is 1. The topological polar surface area (TPSA) is 68.3 Å². The van der Waals surface area contributed by atoms with Crippen LogP contribution in [0.2, 0.25) is 0 Å². The van der Waals surface area contributed by atoms with E-state index in [9.17, 15) is 0 Å². The van der Waals surface area contributed by atoms with Crippen LogP contribution in [0.4, 0.5) is 0 Å². The van der Waals surface area contributed by atoms with Gasteiger partial charge in [-0.15, -0.1) is 11.8 Å². The van der Waals surface area contributed by atoms with Crippen LogP contribution < -0.4 is 15.2 Å². The van der Waals surface area contributed by atoms with Gasteiger partial charge in [0, 0.05) is 23.0 Å². The quantitative estimate of drug-likeness (QED) is 0.499. The number of hydrogen-bond acceptors (Lipinski definition) is 4. The highest BCUT2D eigenvalue weighted by Crippen LogP contribution is 2.35. The van der Waals surface area contributed by atoms with E-state index >= 15 is 0 Å². The Labute approximate surface area is 111 Å². The van der Waals surface area contributed by atoms with E-state index in [2.05, 4.69) is 6.92 Å². The third kappa shape index (κ3) is 3.57. The van der Waals surface area contributed by atoms with Crippen molar-refractivity contribution in [3.05, 3.63) is 18.2 Å². The number of hydrogen-bond donors (Lipinski definition) is 2. The second kappa shape index (κ2) is 6.00. The van der Waals surface area contributed by atoms with Crippen molar-refractivity contribution in [1.29, 1.82) is 5.41 Å². The molecular weight excluding hydrogens is 248 g/mol. The molecular formula is C13H18N2O2S. The number of fused-ring (bicyclic) bond motifs is 1. The number of ether oxygens (including phenoxy) is 2. The van der Waals surface area contributed by atoms with E-state index in [4.69, 9.17) is 20.6 Å². The van der Waals surface area contributed by atoms with Crippen LogP contribution in [0.25, 0.3) is 0 Å². The molecule has 5 heteroatoms. The summed E-state index contributed by atoms with van der Waals surface area (Å²) in [4.78, 5) is 1.12. The Morgan fingerprint density at radius 1 is 1.39 bits per heavy atom. The molecule has 1 aliphatic heterocycles. The van der Waals surface area contributed by atoms with Gasteiger partial charge >= 0.3 is 0 Å². The lowest BCUT2D eigenvalue weighted by Crippen LogP contribution is -2.14. The van der Waals surface area contributed by atoms with Gasteiger partial charge in [-0.3, -0.25) is 5.41 Å². The van der Waals surface area contributed by atoms with E-state index in [0.717, 1.165) is 22.8 Å². The standard InChI is InChI=1S/C13H18N2O2S/c1-9(7-13(14)15)18-10-3-4-11-12(8-10)17-6-2-5-16-11/h3-4,8-9H,2,5-7H2,1H3,(H3,14,15). The Morgan fingerprint density at radius 3 is 2.83 bits per heavy atom. The van der Waals surface area contributed by atoms with Gasteiger partial charge in [-0.2, -0.15) is 0 Å². The summed E-state index contributed by atoms with van der Waals surface area (Å²) in [6.07, 6.45) is 1.51. The minimum atomic E-state index is 0.226. The maximum Gasteiger partial charge on any atom is 0.162 e. The fourth-order valence-corrected chi connectivity index (χ4v) is 2.85. The van der Waals surface area contributed by atoms with Gasteiger partial charge < -0.3 is 15.2 Å². The highest BCUT2D eigenvalue weighted by molar-refractivity contribution is 8.00. The SMILES string of the molecule is CC(CC(=N)N)Sc1ccc2c(c1)OCCCO2. The van der Waals surface area contributed by atoms with Crippen LogP contribution in [0.15, 0.2) is 23.1 Å². The second-order valence-electron chi connectivity index (χ2n) is 4.32. The number of rotatable bonds is 4. The van der Waals surface area contributed by atoms with Crippen LogP contribution in [0.1, 0.15) is 19.8 Å². The van der Waals surface area contributed by atoms with Gasteiger partial charge in [0.05, 0.1) is 19.0 Å². The summed E-state index contributed by atoms with van der Waals surface area (Å²) in [6, 6.07) is 5.97. The van der Waals surface area contributed by atoms with Crippen molar-refractivity contribution in [3.63, 3.8) is 0 Å². The maximum atomic E-state index is 7.29. The minimum Gasteiger partial charge on any atom is -0.490 e. The molecule has 1 aliphatic rings. The molecule has 0 spiro atoms. The van der Waals surface area contributed by atoms with Gasteiger partial charge in [-0.25, -0.2) is 0 Å². The van der Waals surface area contributed by atoms with E-state index < -0.39 is 0 Å². The molecule has 1 aromatic rings. The first-order chi connectivity index (χ1) is 8.65. The van der Waals surface area contributed by atoms with Crippen molar-refractivity contribution in [3.8, 4) is 11.5 Å². The third-order valence-corrected chi connectivity index (χ3v) is 3.66. The molecule has 98 valence electrons. The van der Waals surface area contributed by atoms with E-state index in [-0.39, 0.29) is 11.1 Å². The van der Waals surface area contributed by atoms with Gasteiger partial charge in [0.1, 0.15) is 0 Å². The first-order valence-electron chi connectivity index (χ1n) is 6.04. The molecule has 0 saturated carbocycles. The number of nitrogens with one attached hydrogen (secondary N) is 1. The van der Waals surface area contributed by atoms with Crippen LogP contribution >= 0.6 is 11.8 Å². The Balaban J connectivity index is 2.06. The van der Waals surface area contributed by atoms with Gasteiger partial charge in [0.2, 0.25) is 0 Å². The predicted octanol–water partition coefficient (Wildman–Crippen LogP) is 2.65. The van der Waals surface area contributed by atoms with Crippen molar-refractivity contribution in [2.75, 3.05) is 13.2 Å². The normalized spacial score (nSPS) is 15.8. The van der Waals surface area contributed by atoms with Gasteiger partial charge in [-0.1, -0.05) is 6.92 Å². The molecule has 3 N–H and O–H groups in total. The molecule has 1 heterocycles. The molecule has 2 rings (SSSR count). The summed E-state index contributed by atoms with van der Waals surface area (Å²) in [5.74, 6) is 1.85. The van der Waals surface area contributed by atoms with Crippen LogP contribution in [0.3, 0.4) is 0 Å².